The molecule has 0 fully saturated rings. The summed E-state index contributed by atoms with van der Waals surface area (Å²) in [5.41, 5.74) is 7.91. The fourth-order valence-corrected chi connectivity index (χ4v) is 2.12. The lowest BCUT2D eigenvalue weighted by Gasteiger charge is -2.23. The standard InChI is InChI=1S/C14H17ClN2/c1-14(2,9-16)8-11-12(15)6-5-10-4-3-7-17-13(10)11/h3-7H,8-9,16H2,1-2H3. The number of nitrogens with two attached hydrogens (primary N) is 1. The first kappa shape index (κ1) is 12.3. The van der Waals surface area contributed by atoms with Crippen LogP contribution >= 0.6 is 11.6 Å². The van der Waals surface area contributed by atoms with Gasteiger partial charge in [0.25, 0.3) is 0 Å². The molecule has 2 N–H and O–H groups in total. The molecular weight excluding hydrogens is 232 g/mol. The molecule has 0 aliphatic rings. The quantitative estimate of drug-likeness (QED) is 0.904. The Kier molecular flexibility index (Phi) is 3.36. The van der Waals surface area contributed by atoms with E-state index in [4.69, 9.17) is 17.3 Å². The average Bonchev–Trinajstić information content (AvgIpc) is 2.33. The van der Waals surface area contributed by atoms with Gasteiger partial charge in [0.2, 0.25) is 0 Å². The monoisotopic (exact) mass is 248 g/mol. The van der Waals surface area contributed by atoms with Crippen molar-refractivity contribution in [3.05, 3.63) is 41.0 Å². The Balaban J connectivity index is 2.55. The van der Waals surface area contributed by atoms with Crippen LogP contribution in [0.25, 0.3) is 10.9 Å². The molecule has 0 atom stereocenters. The van der Waals surface area contributed by atoms with Gasteiger partial charge in [0.1, 0.15) is 0 Å². The van der Waals surface area contributed by atoms with Crippen molar-refractivity contribution in [2.24, 2.45) is 11.1 Å². The van der Waals surface area contributed by atoms with Crippen LogP contribution in [0.3, 0.4) is 0 Å². The van der Waals surface area contributed by atoms with E-state index in [1.165, 1.54) is 0 Å². The van der Waals surface area contributed by atoms with Crippen LogP contribution in [0.5, 0.6) is 0 Å². The van der Waals surface area contributed by atoms with Crippen molar-refractivity contribution in [2.75, 3.05) is 6.54 Å². The first-order chi connectivity index (χ1) is 8.03. The summed E-state index contributed by atoms with van der Waals surface area (Å²) in [6.07, 6.45) is 2.65. The SMILES string of the molecule is CC(C)(CN)Cc1c(Cl)ccc2cccnc12. The molecule has 0 saturated heterocycles. The second-order valence-electron chi connectivity index (χ2n) is 5.15. The fourth-order valence-electron chi connectivity index (χ4n) is 1.90. The molecule has 1 aromatic heterocycles. The van der Waals surface area contributed by atoms with Gasteiger partial charge in [-0.05, 0) is 36.1 Å². The Morgan fingerprint density at radius 2 is 2.06 bits per heavy atom. The summed E-state index contributed by atoms with van der Waals surface area (Å²) in [4.78, 5) is 4.44. The fraction of sp³-hybridized carbons (Fsp3) is 0.357. The molecule has 1 heterocycles. The van der Waals surface area contributed by atoms with Gasteiger partial charge in [-0.25, -0.2) is 0 Å². The number of halogens is 1. The van der Waals surface area contributed by atoms with E-state index in [9.17, 15) is 0 Å². The minimum absolute atomic E-state index is 0.0371. The topological polar surface area (TPSA) is 38.9 Å². The van der Waals surface area contributed by atoms with Crippen LogP contribution in [-0.2, 0) is 6.42 Å². The Morgan fingerprint density at radius 1 is 1.29 bits per heavy atom. The highest BCUT2D eigenvalue weighted by molar-refractivity contribution is 6.32. The van der Waals surface area contributed by atoms with Gasteiger partial charge in [0.15, 0.2) is 0 Å². The Hall–Kier alpha value is -1.12. The maximum Gasteiger partial charge on any atom is 0.0748 e. The van der Waals surface area contributed by atoms with Gasteiger partial charge in [-0.1, -0.05) is 37.6 Å². The van der Waals surface area contributed by atoms with Crippen molar-refractivity contribution >= 4 is 22.5 Å². The van der Waals surface area contributed by atoms with Crippen LogP contribution in [-0.4, -0.2) is 11.5 Å². The summed E-state index contributed by atoms with van der Waals surface area (Å²) < 4.78 is 0. The van der Waals surface area contributed by atoms with Gasteiger partial charge in [0, 0.05) is 16.6 Å². The van der Waals surface area contributed by atoms with Gasteiger partial charge in [-0.3, -0.25) is 4.98 Å². The molecule has 0 unspecified atom stereocenters. The van der Waals surface area contributed by atoms with Crippen LogP contribution in [0.4, 0.5) is 0 Å². The molecule has 0 bridgehead atoms. The number of hydrogen-bond acceptors (Lipinski definition) is 2. The molecule has 2 nitrogen and oxygen atoms in total. The van der Waals surface area contributed by atoms with Crippen LogP contribution < -0.4 is 5.73 Å². The van der Waals surface area contributed by atoms with Gasteiger partial charge in [0.05, 0.1) is 5.52 Å². The van der Waals surface area contributed by atoms with Gasteiger partial charge < -0.3 is 5.73 Å². The molecule has 0 aliphatic heterocycles. The second kappa shape index (κ2) is 4.63. The maximum atomic E-state index is 6.29. The van der Waals surface area contributed by atoms with Gasteiger partial charge in [-0.2, -0.15) is 0 Å². The number of aromatic nitrogens is 1. The van der Waals surface area contributed by atoms with Crippen LogP contribution in [0.2, 0.25) is 5.02 Å². The number of fused-ring (bicyclic) bond motifs is 1. The largest absolute Gasteiger partial charge is 0.330 e. The van der Waals surface area contributed by atoms with Crippen LogP contribution in [0.15, 0.2) is 30.5 Å². The maximum absolute atomic E-state index is 6.29. The van der Waals surface area contributed by atoms with Gasteiger partial charge in [-0.15, -0.1) is 0 Å². The predicted octanol–water partition coefficient (Wildman–Crippen LogP) is 3.42. The molecule has 0 amide bonds. The smallest absolute Gasteiger partial charge is 0.0748 e. The highest BCUT2D eigenvalue weighted by Crippen LogP contribution is 2.30. The molecule has 90 valence electrons. The molecule has 0 saturated carbocycles. The third-order valence-electron chi connectivity index (χ3n) is 3.03. The number of hydrogen-bond donors (Lipinski definition) is 1. The molecular formula is C14H17ClN2. The molecule has 2 rings (SSSR count). The lowest BCUT2D eigenvalue weighted by atomic mass is 9.85. The number of pyridine rings is 1. The molecule has 0 spiro atoms. The number of rotatable bonds is 3. The Bertz CT molecular complexity index is 535. The molecule has 1 aromatic carbocycles. The van der Waals surface area contributed by atoms with Crippen LogP contribution in [0.1, 0.15) is 19.4 Å². The summed E-state index contributed by atoms with van der Waals surface area (Å²) in [6, 6.07) is 7.93. The van der Waals surface area contributed by atoms with Crippen molar-refractivity contribution in [2.45, 2.75) is 20.3 Å². The molecule has 17 heavy (non-hydrogen) atoms. The third kappa shape index (κ3) is 2.59. The van der Waals surface area contributed by atoms with Crippen molar-refractivity contribution < 1.29 is 0 Å². The Morgan fingerprint density at radius 3 is 2.76 bits per heavy atom. The normalized spacial score (nSPS) is 12.0. The van der Waals surface area contributed by atoms with E-state index in [2.05, 4.69) is 24.9 Å². The number of benzene rings is 1. The van der Waals surface area contributed by atoms with E-state index in [1.54, 1.807) is 6.20 Å². The first-order valence-corrected chi connectivity index (χ1v) is 6.13. The van der Waals surface area contributed by atoms with E-state index < -0.39 is 0 Å². The van der Waals surface area contributed by atoms with E-state index >= 15 is 0 Å². The van der Waals surface area contributed by atoms with E-state index in [0.29, 0.717) is 6.54 Å². The van der Waals surface area contributed by atoms with Crippen molar-refractivity contribution in [3.63, 3.8) is 0 Å². The highest BCUT2D eigenvalue weighted by atomic mass is 35.5. The first-order valence-electron chi connectivity index (χ1n) is 5.76. The molecule has 2 aromatic rings. The summed E-state index contributed by atoms with van der Waals surface area (Å²) in [6.45, 7) is 4.92. The summed E-state index contributed by atoms with van der Waals surface area (Å²) in [5.74, 6) is 0. The van der Waals surface area contributed by atoms with E-state index in [1.807, 2.05) is 18.2 Å². The Labute approximate surface area is 107 Å². The minimum atomic E-state index is 0.0371. The zero-order chi connectivity index (χ0) is 12.5. The molecule has 3 heteroatoms. The zero-order valence-corrected chi connectivity index (χ0v) is 11.0. The highest BCUT2D eigenvalue weighted by Gasteiger charge is 2.20. The lowest BCUT2D eigenvalue weighted by Crippen LogP contribution is -2.26. The van der Waals surface area contributed by atoms with Crippen LogP contribution in [0, 0.1) is 5.41 Å². The van der Waals surface area contributed by atoms with Gasteiger partial charge >= 0.3 is 0 Å². The number of nitrogens with zero attached hydrogens (tertiary/aromatic N) is 1. The summed E-state index contributed by atoms with van der Waals surface area (Å²) >= 11 is 6.29. The van der Waals surface area contributed by atoms with E-state index in [0.717, 1.165) is 27.9 Å². The molecule has 0 radical (unpaired) electrons. The second-order valence-corrected chi connectivity index (χ2v) is 5.55. The third-order valence-corrected chi connectivity index (χ3v) is 3.38. The lowest BCUT2D eigenvalue weighted by molar-refractivity contribution is 0.378. The van der Waals surface area contributed by atoms with Crippen molar-refractivity contribution in [3.8, 4) is 0 Å². The summed E-state index contributed by atoms with van der Waals surface area (Å²) in [5, 5.41) is 1.90. The van der Waals surface area contributed by atoms with E-state index in [-0.39, 0.29) is 5.41 Å². The zero-order valence-electron chi connectivity index (χ0n) is 10.2. The predicted molar refractivity (Wildman–Crippen MR) is 73.3 cm³/mol. The molecule has 0 aliphatic carbocycles. The minimum Gasteiger partial charge on any atom is -0.330 e. The average molecular weight is 249 g/mol. The van der Waals surface area contributed by atoms with Crippen molar-refractivity contribution in [1.29, 1.82) is 0 Å². The summed E-state index contributed by atoms with van der Waals surface area (Å²) in [7, 11) is 0. The van der Waals surface area contributed by atoms with Crippen molar-refractivity contribution in [1.82, 2.24) is 4.98 Å².